The molecule has 3 aromatic carbocycles. The van der Waals surface area contributed by atoms with Crippen LogP contribution in [0.4, 0.5) is 5.69 Å². The van der Waals surface area contributed by atoms with Crippen LogP contribution in [-0.2, 0) is 30.2 Å². The molecule has 1 atom stereocenters. The van der Waals surface area contributed by atoms with E-state index in [1.807, 2.05) is 66.5 Å². The Labute approximate surface area is 282 Å². The van der Waals surface area contributed by atoms with Crippen molar-refractivity contribution >= 4 is 23.0 Å². The minimum atomic E-state index is -0.343. The highest BCUT2D eigenvalue weighted by atomic mass is 35.5. The summed E-state index contributed by atoms with van der Waals surface area (Å²) in [5, 5.41) is 11.3. The van der Waals surface area contributed by atoms with Crippen LogP contribution < -0.4 is 24.5 Å². The molecule has 0 radical (unpaired) electrons. The quantitative estimate of drug-likeness (QED) is 0.138. The Morgan fingerprint density at radius 2 is 1.38 bits per heavy atom. The van der Waals surface area contributed by atoms with Gasteiger partial charge in [0.1, 0.15) is 35.7 Å². The number of hydrogen-bond donors (Lipinski definition) is 1. The van der Waals surface area contributed by atoms with Gasteiger partial charge in [-0.15, -0.1) is 0 Å². The Bertz CT molecular complexity index is 1410. The van der Waals surface area contributed by atoms with Gasteiger partial charge < -0.3 is 37.9 Å². The summed E-state index contributed by atoms with van der Waals surface area (Å²) in [5.41, 5.74) is 4.52. The third kappa shape index (κ3) is 10.8. The molecule has 0 fully saturated rings. The molecule has 0 aliphatic carbocycles. The van der Waals surface area contributed by atoms with Crippen LogP contribution in [0.5, 0.6) is 17.2 Å². The molecule has 4 rings (SSSR count). The van der Waals surface area contributed by atoms with E-state index in [0.29, 0.717) is 83.4 Å². The standard InChI is InChI=1S/C35H46ClN3O8/c1-26-34-29(8-7-9-30(34)36)35(37-25-27-12-13-28(41-3)24-33(27)42-4)39(38-26)31-10-5-6-11-32(31)47-23-22-46-21-20-45-19-18-44-17-16-43-15-14-40-2/h5-13,24,35,37H,14-23,25H2,1-4H3. The number of fused-ring (bicyclic) bond motifs is 1. The second-order valence-corrected chi connectivity index (χ2v) is 10.9. The van der Waals surface area contributed by atoms with Gasteiger partial charge in [-0.3, -0.25) is 5.32 Å². The molecule has 3 aromatic rings. The summed E-state index contributed by atoms with van der Waals surface area (Å²) in [7, 11) is 4.93. The van der Waals surface area contributed by atoms with Gasteiger partial charge in [0.2, 0.25) is 0 Å². The molecule has 1 unspecified atom stereocenters. The van der Waals surface area contributed by atoms with E-state index in [4.69, 9.17) is 54.6 Å². The molecule has 0 spiro atoms. The second-order valence-electron chi connectivity index (χ2n) is 10.5. The lowest BCUT2D eigenvalue weighted by Crippen LogP contribution is -2.39. The normalized spacial score (nSPS) is 14.1. The number of methoxy groups -OCH3 is 3. The van der Waals surface area contributed by atoms with Crippen LogP contribution in [0.15, 0.2) is 65.8 Å². The first-order chi connectivity index (χ1) is 23.1. The van der Waals surface area contributed by atoms with Crippen molar-refractivity contribution in [3.63, 3.8) is 0 Å². The molecule has 0 amide bonds. The lowest BCUT2D eigenvalue weighted by atomic mass is 9.98. The third-order valence-electron chi connectivity index (χ3n) is 7.33. The number of hydrogen-bond acceptors (Lipinski definition) is 11. The highest BCUT2D eigenvalue weighted by Crippen LogP contribution is 2.39. The fourth-order valence-electron chi connectivity index (χ4n) is 5.03. The molecular weight excluding hydrogens is 626 g/mol. The van der Waals surface area contributed by atoms with Gasteiger partial charge in [-0.1, -0.05) is 41.9 Å². The van der Waals surface area contributed by atoms with E-state index in [1.54, 1.807) is 21.3 Å². The topological polar surface area (TPSA) is 101 Å². The van der Waals surface area contributed by atoms with E-state index < -0.39 is 0 Å². The van der Waals surface area contributed by atoms with Gasteiger partial charge in [0, 0.05) is 36.4 Å². The number of rotatable bonds is 22. The van der Waals surface area contributed by atoms with Crippen LogP contribution in [-0.4, -0.2) is 93.1 Å². The molecule has 12 heteroatoms. The first-order valence-corrected chi connectivity index (χ1v) is 16.0. The SMILES string of the molecule is COCCOCCOCCOCCOCCOc1ccccc1N1N=C(C)c2c(Cl)cccc2C1NCc1ccc(OC)cc1OC. The average molecular weight is 672 g/mol. The van der Waals surface area contributed by atoms with Crippen molar-refractivity contribution in [3.8, 4) is 17.2 Å². The minimum absolute atomic E-state index is 0.343. The molecule has 0 saturated carbocycles. The van der Waals surface area contributed by atoms with Crippen molar-refractivity contribution in [3.05, 3.63) is 82.4 Å². The molecule has 11 nitrogen and oxygen atoms in total. The highest BCUT2D eigenvalue weighted by Gasteiger charge is 2.31. The Morgan fingerprint density at radius 1 is 0.723 bits per heavy atom. The number of hydrazone groups is 1. The van der Waals surface area contributed by atoms with Crippen LogP contribution in [0.1, 0.15) is 29.8 Å². The van der Waals surface area contributed by atoms with E-state index in [2.05, 4.69) is 11.4 Å². The summed E-state index contributed by atoms with van der Waals surface area (Å²) in [6.07, 6.45) is -0.343. The van der Waals surface area contributed by atoms with Crippen LogP contribution in [0.3, 0.4) is 0 Å². The van der Waals surface area contributed by atoms with Gasteiger partial charge in [0.05, 0.1) is 84.4 Å². The Kier molecular flexibility index (Phi) is 15.5. The van der Waals surface area contributed by atoms with Crippen LogP contribution in [0, 0.1) is 0 Å². The van der Waals surface area contributed by atoms with Gasteiger partial charge in [-0.2, -0.15) is 5.10 Å². The largest absolute Gasteiger partial charge is 0.497 e. The van der Waals surface area contributed by atoms with Crippen molar-refractivity contribution in [2.24, 2.45) is 5.10 Å². The number of nitrogens with one attached hydrogen (secondary N) is 1. The molecule has 0 saturated heterocycles. The van der Waals surface area contributed by atoms with Crippen molar-refractivity contribution in [1.82, 2.24) is 5.32 Å². The van der Waals surface area contributed by atoms with Gasteiger partial charge in [-0.25, -0.2) is 5.01 Å². The third-order valence-corrected chi connectivity index (χ3v) is 7.64. The Hall–Kier alpha value is -3.42. The molecule has 1 aliphatic rings. The Balaban J connectivity index is 1.32. The zero-order valence-electron chi connectivity index (χ0n) is 27.7. The smallest absolute Gasteiger partial charge is 0.144 e. The lowest BCUT2D eigenvalue weighted by molar-refractivity contribution is -0.00977. The highest BCUT2D eigenvalue weighted by molar-refractivity contribution is 6.34. The summed E-state index contributed by atoms with van der Waals surface area (Å²) in [6, 6.07) is 19.5. The number of halogens is 1. The zero-order valence-corrected chi connectivity index (χ0v) is 28.4. The first kappa shape index (κ1) is 36.4. The van der Waals surface area contributed by atoms with Gasteiger partial charge >= 0.3 is 0 Å². The number of para-hydroxylation sites is 2. The maximum Gasteiger partial charge on any atom is 0.144 e. The summed E-state index contributed by atoms with van der Waals surface area (Å²) >= 11 is 6.68. The molecule has 47 heavy (non-hydrogen) atoms. The van der Waals surface area contributed by atoms with Crippen LogP contribution >= 0.6 is 11.6 Å². The number of benzene rings is 3. The molecule has 1 heterocycles. The number of nitrogens with zero attached hydrogens (tertiary/aromatic N) is 2. The first-order valence-electron chi connectivity index (χ1n) is 15.7. The summed E-state index contributed by atoms with van der Waals surface area (Å²) in [6.45, 7) is 7.39. The number of anilines is 1. The number of ether oxygens (including phenoxy) is 8. The van der Waals surface area contributed by atoms with E-state index in [-0.39, 0.29) is 6.17 Å². The second kappa shape index (κ2) is 20.1. The predicted octanol–water partition coefficient (Wildman–Crippen LogP) is 5.48. The molecule has 256 valence electrons. The van der Waals surface area contributed by atoms with Gasteiger partial charge in [-0.05, 0) is 31.2 Å². The van der Waals surface area contributed by atoms with Crippen molar-refractivity contribution < 1.29 is 37.9 Å². The fraction of sp³-hybridized carbons (Fsp3) is 0.457. The van der Waals surface area contributed by atoms with E-state index >= 15 is 0 Å². The molecule has 0 bridgehead atoms. The monoisotopic (exact) mass is 671 g/mol. The van der Waals surface area contributed by atoms with Crippen molar-refractivity contribution in [2.45, 2.75) is 19.6 Å². The van der Waals surface area contributed by atoms with Gasteiger partial charge in [0.25, 0.3) is 0 Å². The van der Waals surface area contributed by atoms with Crippen molar-refractivity contribution in [2.75, 3.05) is 92.4 Å². The minimum Gasteiger partial charge on any atom is -0.497 e. The summed E-state index contributed by atoms with van der Waals surface area (Å²) in [4.78, 5) is 0. The molecule has 1 N–H and O–H groups in total. The van der Waals surface area contributed by atoms with Crippen LogP contribution in [0.2, 0.25) is 5.02 Å². The summed E-state index contributed by atoms with van der Waals surface area (Å²) < 4.78 is 44.3. The molecular formula is C35H46ClN3O8. The molecule has 1 aliphatic heterocycles. The average Bonchev–Trinajstić information content (AvgIpc) is 3.09. The zero-order chi connectivity index (χ0) is 33.3. The maximum atomic E-state index is 6.68. The van der Waals surface area contributed by atoms with Crippen molar-refractivity contribution in [1.29, 1.82) is 0 Å². The van der Waals surface area contributed by atoms with Crippen LogP contribution in [0.25, 0.3) is 0 Å². The Morgan fingerprint density at radius 3 is 2.04 bits per heavy atom. The van der Waals surface area contributed by atoms with E-state index in [0.717, 1.165) is 39.6 Å². The molecule has 0 aromatic heterocycles. The summed E-state index contributed by atoms with van der Waals surface area (Å²) in [5.74, 6) is 2.14. The van der Waals surface area contributed by atoms with E-state index in [9.17, 15) is 0 Å². The lowest BCUT2D eigenvalue weighted by Gasteiger charge is -2.36. The predicted molar refractivity (Wildman–Crippen MR) is 182 cm³/mol. The fourth-order valence-corrected chi connectivity index (χ4v) is 5.35. The van der Waals surface area contributed by atoms with E-state index in [1.165, 1.54) is 0 Å². The maximum absolute atomic E-state index is 6.68. The van der Waals surface area contributed by atoms with Gasteiger partial charge in [0.15, 0.2) is 0 Å².